The van der Waals surface area contributed by atoms with Gasteiger partial charge in [-0.05, 0) is 57.5 Å². The van der Waals surface area contributed by atoms with Crippen LogP contribution in [-0.4, -0.2) is 18.2 Å². The fourth-order valence-corrected chi connectivity index (χ4v) is 3.61. The minimum atomic E-state index is -0.610. The quantitative estimate of drug-likeness (QED) is 0.773. The van der Waals surface area contributed by atoms with Crippen molar-refractivity contribution in [1.82, 2.24) is 0 Å². The minimum absolute atomic E-state index is 0.267. The number of hydrogen-bond acceptors (Lipinski definition) is 2. The number of nitrogens with zero attached hydrogens (tertiary/aromatic N) is 2. The van der Waals surface area contributed by atoms with Gasteiger partial charge in [0.2, 0.25) is 0 Å². The highest BCUT2D eigenvalue weighted by molar-refractivity contribution is 5.60. The zero-order valence-electron chi connectivity index (χ0n) is 14.3. The summed E-state index contributed by atoms with van der Waals surface area (Å²) in [5, 5.41) is 0. The molecule has 1 heterocycles. The number of aryl methyl sites for hydroxylation is 1. The van der Waals surface area contributed by atoms with Gasteiger partial charge in [0, 0.05) is 12.6 Å². The van der Waals surface area contributed by atoms with Crippen molar-refractivity contribution < 1.29 is 13.2 Å². The zero-order valence-corrected chi connectivity index (χ0v) is 14.3. The molecule has 0 radical (unpaired) electrons. The van der Waals surface area contributed by atoms with E-state index in [0.29, 0.717) is 17.9 Å². The molecule has 0 amide bonds. The second kappa shape index (κ2) is 5.72. The molecule has 2 aromatic rings. The third-order valence-corrected chi connectivity index (χ3v) is 4.62. The summed E-state index contributed by atoms with van der Waals surface area (Å²) in [5.74, 6) is -1.51. The molecule has 0 saturated carbocycles. The van der Waals surface area contributed by atoms with E-state index in [1.54, 1.807) is 6.07 Å². The van der Waals surface area contributed by atoms with Crippen LogP contribution in [0.15, 0.2) is 36.4 Å². The van der Waals surface area contributed by atoms with E-state index < -0.39 is 17.2 Å². The molecule has 0 aromatic heterocycles. The fraction of sp³-hybridized carbons (Fsp3) is 0.368. The van der Waals surface area contributed by atoms with Crippen LogP contribution in [0.25, 0.3) is 0 Å². The van der Waals surface area contributed by atoms with Crippen molar-refractivity contribution in [3.8, 4) is 0 Å². The van der Waals surface area contributed by atoms with Crippen LogP contribution < -0.4 is 9.80 Å². The highest BCUT2D eigenvalue weighted by Crippen LogP contribution is 2.39. The van der Waals surface area contributed by atoms with Gasteiger partial charge in [0.15, 0.2) is 0 Å². The first-order valence-electron chi connectivity index (χ1n) is 7.98. The predicted octanol–water partition coefficient (Wildman–Crippen LogP) is 4.86. The maximum Gasteiger partial charge on any atom is 0.149 e. The van der Waals surface area contributed by atoms with Crippen molar-refractivity contribution in [3.63, 3.8) is 0 Å². The lowest BCUT2D eigenvalue weighted by Gasteiger charge is -2.36. The Morgan fingerprint density at radius 3 is 2.21 bits per heavy atom. The summed E-state index contributed by atoms with van der Waals surface area (Å²) in [6.45, 7) is 8.21. The molecule has 3 rings (SSSR count). The standard InChI is InChI=1S/C19H21F3N2/c1-12-5-7-17(15(21)9-12)23-11-19(3,4)24(13(23)2)18-8-6-14(20)10-16(18)22/h5-10,13H,11H2,1-4H3. The van der Waals surface area contributed by atoms with Gasteiger partial charge in [0.1, 0.15) is 17.5 Å². The normalized spacial score (nSPS) is 19.9. The minimum Gasteiger partial charge on any atom is -0.347 e. The van der Waals surface area contributed by atoms with Gasteiger partial charge in [-0.15, -0.1) is 0 Å². The molecule has 24 heavy (non-hydrogen) atoms. The van der Waals surface area contributed by atoms with E-state index in [-0.39, 0.29) is 12.0 Å². The summed E-state index contributed by atoms with van der Waals surface area (Å²) in [5.41, 5.74) is 1.23. The Hall–Kier alpha value is -2.17. The maximum absolute atomic E-state index is 14.4. The Morgan fingerprint density at radius 1 is 0.958 bits per heavy atom. The average Bonchev–Trinajstić information content (AvgIpc) is 2.70. The Kier molecular flexibility index (Phi) is 3.98. The first-order valence-corrected chi connectivity index (χ1v) is 7.98. The summed E-state index contributed by atoms with van der Waals surface area (Å²) in [7, 11) is 0. The first kappa shape index (κ1) is 16.7. The van der Waals surface area contributed by atoms with Crippen LogP contribution in [0, 0.1) is 24.4 Å². The monoisotopic (exact) mass is 334 g/mol. The van der Waals surface area contributed by atoms with E-state index >= 15 is 0 Å². The number of anilines is 2. The molecule has 0 N–H and O–H groups in total. The highest BCUT2D eigenvalue weighted by atomic mass is 19.1. The lowest BCUT2D eigenvalue weighted by Crippen LogP contribution is -2.44. The van der Waals surface area contributed by atoms with E-state index in [2.05, 4.69) is 0 Å². The Balaban J connectivity index is 2.03. The van der Waals surface area contributed by atoms with Crippen molar-refractivity contribution in [3.05, 3.63) is 59.4 Å². The van der Waals surface area contributed by atoms with Crippen molar-refractivity contribution in [2.75, 3.05) is 16.3 Å². The second-order valence-electron chi connectivity index (χ2n) is 6.99. The molecular weight excluding hydrogens is 313 g/mol. The van der Waals surface area contributed by atoms with Crippen LogP contribution in [0.2, 0.25) is 0 Å². The second-order valence-corrected chi connectivity index (χ2v) is 6.99. The fourth-order valence-electron chi connectivity index (χ4n) is 3.61. The summed E-state index contributed by atoms with van der Waals surface area (Å²) < 4.78 is 41.9. The summed E-state index contributed by atoms with van der Waals surface area (Å²) >= 11 is 0. The molecule has 0 bridgehead atoms. The molecule has 1 fully saturated rings. The number of halogens is 3. The molecular formula is C19H21F3N2. The third-order valence-electron chi connectivity index (χ3n) is 4.62. The highest BCUT2D eigenvalue weighted by Gasteiger charge is 2.44. The summed E-state index contributed by atoms with van der Waals surface area (Å²) in [6.07, 6.45) is -0.267. The van der Waals surface area contributed by atoms with Crippen LogP contribution in [0.1, 0.15) is 26.3 Å². The van der Waals surface area contributed by atoms with Crippen LogP contribution in [-0.2, 0) is 0 Å². The van der Waals surface area contributed by atoms with Crippen LogP contribution in [0.5, 0.6) is 0 Å². The molecule has 1 saturated heterocycles. The van der Waals surface area contributed by atoms with Gasteiger partial charge < -0.3 is 9.80 Å². The van der Waals surface area contributed by atoms with E-state index in [4.69, 9.17) is 0 Å². The molecule has 1 atom stereocenters. The lowest BCUT2D eigenvalue weighted by atomic mass is 10.0. The van der Waals surface area contributed by atoms with Crippen molar-refractivity contribution in [2.45, 2.75) is 39.4 Å². The molecule has 1 aliphatic heterocycles. The van der Waals surface area contributed by atoms with Gasteiger partial charge in [0.05, 0.1) is 23.1 Å². The molecule has 0 spiro atoms. The molecule has 128 valence electrons. The third kappa shape index (κ3) is 2.72. The Morgan fingerprint density at radius 2 is 1.58 bits per heavy atom. The lowest BCUT2D eigenvalue weighted by molar-refractivity contribution is 0.512. The van der Waals surface area contributed by atoms with E-state index in [1.165, 1.54) is 18.2 Å². The Bertz CT molecular complexity index is 773. The van der Waals surface area contributed by atoms with Gasteiger partial charge in [-0.2, -0.15) is 0 Å². The molecule has 5 heteroatoms. The van der Waals surface area contributed by atoms with E-state index in [9.17, 15) is 13.2 Å². The van der Waals surface area contributed by atoms with Crippen molar-refractivity contribution in [1.29, 1.82) is 0 Å². The number of benzene rings is 2. The molecule has 1 aliphatic rings. The van der Waals surface area contributed by atoms with Gasteiger partial charge in [0.25, 0.3) is 0 Å². The Labute approximate surface area is 140 Å². The van der Waals surface area contributed by atoms with Crippen molar-refractivity contribution >= 4 is 11.4 Å². The van der Waals surface area contributed by atoms with Crippen LogP contribution in [0.3, 0.4) is 0 Å². The largest absolute Gasteiger partial charge is 0.347 e. The smallest absolute Gasteiger partial charge is 0.149 e. The van der Waals surface area contributed by atoms with Crippen LogP contribution >= 0.6 is 0 Å². The van der Waals surface area contributed by atoms with E-state index in [0.717, 1.165) is 11.6 Å². The predicted molar refractivity (Wildman–Crippen MR) is 90.9 cm³/mol. The zero-order chi connectivity index (χ0) is 17.6. The van der Waals surface area contributed by atoms with E-state index in [1.807, 2.05) is 43.6 Å². The van der Waals surface area contributed by atoms with Gasteiger partial charge in [-0.1, -0.05) is 6.07 Å². The summed E-state index contributed by atoms with van der Waals surface area (Å²) in [6, 6.07) is 8.68. The maximum atomic E-state index is 14.4. The van der Waals surface area contributed by atoms with Gasteiger partial charge in [-0.3, -0.25) is 0 Å². The first-order chi connectivity index (χ1) is 11.2. The molecule has 2 nitrogen and oxygen atoms in total. The summed E-state index contributed by atoms with van der Waals surface area (Å²) in [4.78, 5) is 3.79. The topological polar surface area (TPSA) is 6.48 Å². The molecule has 0 aliphatic carbocycles. The van der Waals surface area contributed by atoms with Gasteiger partial charge >= 0.3 is 0 Å². The molecule has 2 aromatic carbocycles. The number of hydrogen-bond donors (Lipinski definition) is 0. The van der Waals surface area contributed by atoms with Crippen LogP contribution in [0.4, 0.5) is 24.5 Å². The average molecular weight is 334 g/mol. The number of rotatable bonds is 2. The SMILES string of the molecule is Cc1ccc(N2CC(C)(C)N(c3ccc(F)cc3F)C2C)c(F)c1. The molecule has 1 unspecified atom stereocenters. The van der Waals surface area contributed by atoms with Crippen molar-refractivity contribution in [2.24, 2.45) is 0 Å². The van der Waals surface area contributed by atoms with Gasteiger partial charge in [-0.25, -0.2) is 13.2 Å².